The quantitative estimate of drug-likeness (QED) is 0.878. The maximum atomic E-state index is 11.9. The summed E-state index contributed by atoms with van der Waals surface area (Å²) < 4.78 is 5.40. The molecule has 0 spiro atoms. The molecule has 0 heterocycles. The van der Waals surface area contributed by atoms with E-state index in [1.165, 1.54) is 6.92 Å². The molecule has 5 nitrogen and oxygen atoms in total. The molecule has 0 aliphatic carbocycles. The van der Waals surface area contributed by atoms with E-state index in [-0.39, 0.29) is 18.4 Å². The second-order valence-corrected chi connectivity index (χ2v) is 5.43. The van der Waals surface area contributed by atoms with Gasteiger partial charge in [-0.3, -0.25) is 9.59 Å². The number of halogens is 1. The first-order valence-corrected chi connectivity index (χ1v) is 7.38. The van der Waals surface area contributed by atoms with Crippen LogP contribution in [0.2, 0.25) is 5.02 Å². The highest BCUT2D eigenvalue weighted by Crippen LogP contribution is 2.22. The zero-order valence-corrected chi connectivity index (χ0v) is 13.6. The van der Waals surface area contributed by atoms with Crippen molar-refractivity contribution in [2.75, 3.05) is 17.2 Å². The first kappa shape index (κ1) is 16.8. The Kier molecular flexibility index (Phi) is 5.60. The minimum Gasteiger partial charge on any atom is -0.484 e. The molecule has 2 N–H and O–H groups in total. The third-order valence-corrected chi connectivity index (χ3v) is 3.26. The maximum absolute atomic E-state index is 11.9. The number of ether oxygens (including phenoxy) is 1. The lowest BCUT2D eigenvalue weighted by Gasteiger charge is -2.10. The predicted molar refractivity (Wildman–Crippen MR) is 91.1 cm³/mol. The lowest BCUT2D eigenvalue weighted by molar-refractivity contribution is -0.118. The van der Waals surface area contributed by atoms with Crippen LogP contribution in [-0.2, 0) is 9.59 Å². The van der Waals surface area contributed by atoms with E-state index in [0.717, 1.165) is 5.56 Å². The molecule has 0 atom stereocenters. The summed E-state index contributed by atoms with van der Waals surface area (Å²) in [4.78, 5) is 22.8. The summed E-state index contributed by atoms with van der Waals surface area (Å²) >= 11 is 6.06. The van der Waals surface area contributed by atoms with E-state index >= 15 is 0 Å². The second-order valence-electron chi connectivity index (χ2n) is 5.03. The number of carbonyl (C=O) groups is 2. The standard InChI is InChI=1S/C17H17ClN2O3/c1-11-3-8-16(15(18)9-11)20-17(22)10-23-14-6-4-13(5-7-14)19-12(2)21/h3-9H,10H2,1-2H3,(H,19,21)(H,20,22). The number of rotatable bonds is 5. The maximum Gasteiger partial charge on any atom is 0.262 e. The molecule has 0 aliphatic rings. The van der Waals surface area contributed by atoms with Crippen molar-refractivity contribution < 1.29 is 14.3 Å². The summed E-state index contributed by atoms with van der Waals surface area (Å²) in [5, 5.41) is 5.83. The van der Waals surface area contributed by atoms with Crippen LogP contribution in [0.5, 0.6) is 5.75 Å². The summed E-state index contributed by atoms with van der Waals surface area (Å²) in [5.74, 6) is 0.0824. The lowest BCUT2D eigenvalue weighted by Crippen LogP contribution is -2.20. The van der Waals surface area contributed by atoms with Gasteiger partial charge in [0.2, 0.25) is 5.91 Å². The minimum atomic E-state index is -0.304. The lowest BCUT2D eigenvalue weighted by atomic mass is 10.2. The molecule has 0 saturated carbocycles. The van der Waals surface area contributed by atoms with Crippen LogP contribution in [-0.4, -0.2) is 18.4 Å². The van der Waals surface area contributed by atoms with Crippen molar-refractivity contribution in [3.8, 4) is 5.75 Å². The van der Waals surface area contributed by atoms with Gasteiger partial charge in [-0.05, 0) is 48.9 Å². The van der Waals surface area contributed by atoms with Gasteiger partial charge in [-0.1, -0.05) is 17.7 Å². The molecule has 0 aromatic heterocycles. The molecule has 0 bridgehead atoms. The van der Waals surface area contributed by atoms with Crippen molar-refractivity contribution in [1.29, 1.82) is 0 Å². The Labute approximate surface area is 139 Å². The molecule has 0 saturated heterocycles. The van der Waals surface area contributed by atoms with Crippen molar-refractivity contribution >= 4 is 34.8 Å². The number of amides is 2. The summed E-state index contributed by atoms with van der Waals surface area (Å²) in [6.45, 7) is 3.22. The van der Waals surface area contributed by atoms with Gasteiger partial charge in [0, 0.05) is 12.6 Å². The zero-order chi connectivity index (χ0) is 16.8. The van der Waals surface area contributed by atoms with Gasteiger partial charge < -0.3 is 15.4 Å². The zero-order valence-electron chi connectivity index (χ0n) is 12.9. The molecule has 120 valence electrons. The van der Waals surface area contributed by atoms with Crippen molar-refractivity contribution in [1.82, 2.24) is 0 Å². The second kappa shape index (κ2) is 7.65. The molecule has 2 aromatic carbocycles. The van der Waals surface area contributed by atoms with Crippen LogP contribution in [0.1, 0.15) is 12.5 Å². The predicted octanol–water partition coefficient (Wildman–Crippen LogP) is 3.62. The van der Waals surface area contributed by atoms with Crippen LogP contribution < -0.4 is 15.4 Å². The third-order valence-electron chi connectivity index (χ3n) is 2.94. The monoisotopic (exact) mass is 332 g/mol. The summed E-state index contributed by atoms with van der Waals surface area (Å²) in [6.07, 6.45) is 0. The van der Waals surface area contributed by atoms with Crippen LogP contribution in [0.15, 0.2) is 42.5 Å². The molecule has 23 heavy (non-hydrogen) atoms. The van der Waals surface area contributed by atoms with Crippen molar-refractivity contribution in [2.45, 2.75) is 13.8 Å². The van der Waals surface area contributed by atoms with Crippen molar-refractivity contribution in [3.63, 3.8) is 0 Å². The Balaban J connectivity index is 1.87. The summed E-state index contributed by atoms with van der Waals surface area (Å²) in [7, 11) is 0. The Morgan fingerprint density at radius 3 is 2.39 bits per heavy atom. The van der Waals surface area contributed by atoms with Crippen molar-refractivity contribution in [2.24, 2.45) is 0 Å². The number of hydrogen-bond donors (Lipinski definition) is 2. The van der Waals surface area contributed by atoms with E-state index in [2.05, 4.69) is 10.6 Å². The van der Waals surface area contributed by atoms with Gasteiger partial charge in [-0.15, -0.1) is 0 Å². The highest BCUT2D eigenvalue weighted by atomic mass is 35.5. The fourth-order valence-electron chi connectivity index (χ4n) is 1.89. The van der Waals surface area contributed by atoms with Gasteiger partial charge in [0.05, 0.1) is 10.7 Å². The van der Waals surface area contributed by atoms with Gasteiger partial charge in [0.25, 0.3) is 5.91 Å². The average molecular weight is 333 g/mol. The summed E-state index contributed by atoms with van der Waals surface area (Å²) in [6, 6.07) is 12.1. The average Bonchev–Trinajstić information content (AvgIpc) is 2.49. The Bertz CT molecular complexity index is 714. The van der Waals surface area contributed by atoms with Gasteiger partial charge in [0.15, 0.2) is 6.61 Å². The van der Waals surface area contributed by atoms with Crippen LogP contribution in [0.25, 0.3) is 0 Å². The van der Waals surface area contributed by atoms with Crippen LogP contribution in [0, 0.1) is 6.92 Å². The highest BCUT2D eigenvalue weighted by Gasteiger charge is 2.07. The van der Waals surface area contributed by atoms with Gasteiger partial charge in [0.1, 0.15) is 5.75 Å². The number of anilines is 2. The first-order chi connectivity index (χ1) is 10.9. The van der Waals surface area contributed by atoms with Crippen LogP contribution in [0.4, 0.5) is 11.4 Å². The largest absolute Gasteiger partial charge is 0.484 e. The SMILES string of the molecule is CC(=O)Nc1ccc(OCC(=O)Nc2ccc(C)cc2Cl)cc1. The number of aryl methyl sites for hydroxylation is 1. The molecule has 2 aromatic rings. The van der Waals surface area contributed by atoms with E-state index in [1.807, 2.05) is 13.0 Å². The van der Waals surface area contributed by atoms with Crippen LogP contribution >= 0.6 is 11.6 Å². The van der Waals surface area contributed by atoms with Crippen molar-refractivity contribution in [3.05, 3.63) is 53.1 Å². The van der Waals surface area contributed by atoms with E-state index < -0.39 is 0 Å². The highest BCUT2D eigenvalue weighted by molar-refractivity contribution is 6.33. The Morgan fingerprint density at radius 1 is 1.09 bits per heavy atom. The molecule has 2 amide bonds. The number of nitrogens with one attached hydrogen (secondary N) is 2. The fourth-order valence-corrected chi connectivity index (χ4v) is 2.18. The van der Waals surface area contributed by atoms with Gasteiger partial charge >= 0.3 is 0 Å². The molecular formula is C17H17ClN2O3. The summed E-state index contributed by atoms with van der Waals surface area (Å²) in [5.41, 5.74) is 2.23. The Hall–Kier alpha value is -2.53. The van der Waals surface area contributed by atoms with Gasteiger partial charge in [-0.2, -0.15) is 0 Å². The topological polar surface area (TPSA) is 67.4 Å². The number of carbonyl (C=O) groups excluding carboxylic acids is 2. The molecule has 0 fully saturated rings. The third kappa shape index (κ3) is 5.30. The van der Waals surface area contributed by atoms with E-state index in [1.54, 1.807) is 36.4 Å². The molecular weight excluding hydrogens is 316 g/mol. The minimum absolute atomic E-state index is 0.135. The molecule has 0 aliphatic heterocycles. The molecule has 2 rings (SSSR count). The van der Waals surface area contributed by atoms with Gasteiger partial charge in [-0.25, -0.2) is 0 Å². The Morgan fingerprint density at radius 2 is 1.78 bits per heavy atom. The van der Waals surface area contributed by atoms with E-state index in [0.29, 0.717) is 22.1 Å². The van der Waals surface area contributed by atoms with E-state index in [4.69, 9.17) is 16.3 Å². The first-order valence-electron chi connectivity index (χ1n) is 7.00. The number of benzene rings is 2. The molecule has 0 radical (unpaired) electrons. The van der Waals surface area contributed by atoms with Crippen LogP contribution in [0.3, 0.4) is 0 Å². The smallest absolute Gasteiger partial charge is 0.262 e. The number of hydrogen-bond acceptors (Lipinski definition) is 3. The molecule has 0 unspecified atom stereocenters. The molecule has 6 heteroatoms. The van der Waals surface area contributed by atoms with E-state index in [9.17, 15) is 9.59 Å². The normalized spacial score (nSPS) is 10.0. The fraction of sp³-hybridized carbons (Fsp3) is 0.176.